The Morgan fingerprint density at radius 2 is 1.53 bits per heavy atom. The molecule has 2 amide bonds. The Bertz CT molecular complexity index is 632. The Kier molecular flexibility index (Phi) is 10.1. The SMILES string of the molecule is CC(=O)NC(CCCCB1OC(C)(C)C(C)(C)O1)(C(=O)NC(C)(C)C)C1CCNCC1.Cl. The highest BCUT2D eigenvalue weighted by molar-refractivity contribution is 6.45. The zero-order valence-corrected chi connectivity index (χ0v) is 22.2. The van der Waals surface area contributed by atoms with Crippen LogP contribution in [0.5, 0.6) is 0 Å². The summed E-state index contributed by atoms with van der Waals surface area (Å²) in [5.41, 5.74) is -1.92. The van der Waals surface area contributed by atoms with Crippen LogP contribution in [0.1, 0.15) is 87.5 Å². The molecule has 2 fully saturated rings. The molecule has 186 valence electrons. The summed E-state index contributed by atoms with van der Waals surface area (Å²) in [6.45, 7) is 17.4. The molecule has 1 atom stereocenters. The fourth-order valence-corrected chi connectivity index (χ4v) is 4.60. The standard InChI is InChI=1S/C23H44BN3O4.ClH/c1-17(28)26-23(18-11-15-25-16-12-18,19(29)27-20(2,3)4)13-9-10-14-24-30-21(5,6)22(7,8)31-24;/h18,25H,9-16H2,1-8H3,(H,26,28)(H,27,29);1H. The molecule has 9 heteroatoms. The maximum absolute atomic E-state index is 13.5. The van der Waals surface area contributed by atoms with E-state index in [1.165, 1.54) is 6.92 Å². The van der Waals surface area contributed by atoms with E-state index in [4.69, 9.17) is 9.31 Å². The third-order valence-corrected chi connectivity index (χ3v) is 6.89. The number of halogens is 1. The molecule has 0 bridgehead atoms. The van der Waals surface area contributed by atoms with Gasteiger partial charge in [0.15, 0.2) is 0 Å². The van der Waals surface area contributed by atoms with Gasteiger partial charge >= 0.3 is 7.12 Å². The zero-order chi connectivity index (χ0) is 23.5. The summed E-state index contributed by atoms with van der Waals surface area (Å²) in [5, 5.41) is 9.61. The van der Waals surface area contributed by atoms with Crippen LogP contribution >= 0.6 is 12.4 Å². The van der Waals surface area contributed by atoms with Gasteiger partial charge in [-0.1, -0.05) is 12.8 Å². The first kappa shape index (κ1) is 29.2. The Morgan fingerprint density at radius 3 is 2.00 bits per heavy atom. The van der Waals surface area contributed by atoms with Gasteiger partial charge in [-0.3, -0.25) is 9.59 Å². The Balaban J connectivity index is 0.00000512. The van der Waals surface area contributed by atoms with Crippen molar-refractivity contribution in [1.29, 1.82) is 0 Å². The van der Waals surface area contributed by atoms with E-state index in [1.54, 1.807) is 0 Å². The molecule has 2 heterocycles. The highest BCUT2D eigenvalue weighted by Gasteiger charge is 2.51. The quantitative estimate of drug-likeness (QED) is 0.371. The van der Waals surface area contributed by atoms with Gasteiger partial charge in [-0.25, -0.2) is 0 Å². The predicted octanol–water partition coefficient (Wildman–Crippen LogP) is 3.46. The van der Waals surface area contributed by atoms with Crippen molar-refractivity contribution in [2.24, 2.45) is 5.92 Å². The van der Waals surface area contributed by atoms with Crippen LogP contribution in [0.4, 0.5) is 0 Å². The van der Waals surface area contributed by atoms with Crippen molar-refractivity contribution in [3.63, 3.8) is 0 Å². The van der Waals surface area contributed by atoms with E-state index >= 15 is 0 Å². The van der Waals surface area contributed by atoms with Gasteiger partial charge in [0.1, 0.15) is 5.54 Å². The van der Waals surface area contributed by atoms with Gasteiger partial charge in [0, 0.05) is 12.5 Å². The molecular formula is C23H45BClN3O4. The predicted molar refractivity (Wildman–Crippen MR) is 132 cm³/mol. The highest BCUT2D eigenvalue weighted by atomic mass is 35.5. The van der Waals surface area contributed by atoms with Crippen LogP contribution in [0, 0.1) is 5.92 Å². The number of unbranched alkanes of at least 4 members (excludes halogenated alkanes) is 1. The number of carbonyl (C=O) groups excluding carboxylic acids is 2. The first-order valence-corrected chi connectivity index (χ1v) is 11.9. The van der Waals surface area contributed by atoms with Gasteiger partial charge in [-0.15, -0.1) is 12.4 Å². The van der Waals surface area contributed by atoms with Crippen LogP contribution in [0.2, 0.25) is 6.32 Å². The number of carbonyl (C=O) groups is 2. The van der Waals surface area contributed by atoms with Gasteiger partial charge in [-0.05, 0) is 93.1 Å². The molecule has 2 aliphatic heterocycles. The second-order valence-electron chi connectivity index (χ2n) is 11.3. The molecule has 2 aliphatic rings. The monoisotopic (exact) mass is 473 g/mol. The third kappa shape index (κ3) is 7.34. The van der Waals surface area contributed by atoms with Crippen LogP contribution in [0.25, 0.3) is 0 Å². The van der Waals surface area contributed by atoms with Crippen molar-refractivity contribution in [2.75, 3.05) is 13.1 Å². The van der Waals surface area contributed by atoms with E-state index < -0.39 is 5.54 Å². The summed E-state index contributed by atoms with van der Waals surface area (Å²) < 4.78 is 12.2. The average Bonchev–Trinajstić information content (AvgIpc) is 2.83. The number of nitrogens with one attached hydrogen (secondary N) is 3. The first-order valence-electron chi connectivity index (χ1n) is 11.9. The molecule has 0 aromatic rings. The lowest BCUT2D eigenvalue weighted by Gasteiger charge is -2.43. The Labute approximate surface area is 201 Å². The van der Waals surface area contributed by atoms with E-state index in [2.05, 4.69) is 43.6 Å². The summed E-state index contributed by atoms with van der Waals surface area (Å²) in [6.07, 6.45) is 4.80. The Hall–Kier alpha value is -0.825. The maximum atomic E-state index is 13.5. The minimum atomic E-state index is -0.892. The molecule has 0 spiro atoms. The van der Waals surface area contributed by atoms with Crippen LogP contribution in [-0.2, 0) is 18.9 Å². The van der Waals surface area contributed by atoms with E-state index in [1.807, 2.05) is 20.8 Å². The molecule has 0 saturated carbocycles. The minimum absolute atomic E-state index is 0. The van der Waals surface area contributed by atoms with Crippen molar-refractivity contribution in [3.8, 4) is 0 Å². The summed E-state index contributed by atoms with van der Waals surface area (Å²) in [5.74, 6) is -0.122. The molecule has 7 nitrogen and oxygen atoms in total. The van der Waals surface area contributed by atoms with E-state index in [9.17, 15) is 9.59 Å². The van der Waals surface area contributed by atoms with Crippen LogP contribution in [0.3, 0.4) is 0 Å². The molecule has 0 aromatic heterocycles. The second kappa shape index (κ2) is 11.1. The molecule has 0 aromatic carbocycles. The average molecular weight is 474 g/mol. The lowest BCUT2D eigenvalue weighted by molar-refractivity contribution is -0.137. The number of rotatable bonds is 8. The van der Waals surface area contributed by atoms with Gasteiger partial charge in [0.25, 0.3) is 0 Å². The summed E-state index contributed by atoms with van der Waals surface area (Å²) in [7, 11) is -0.234. The molecule has 1 unspecified atom stereocenters. The Morgan fingerprint density at radius 1 is 1.00 bits per heavy atom. The van der Waals surface area contributed by atoms with Crippen molar-refractivity contribution in [3.05, 3.63) is 0 Å². The zero-order valence-electron chi connectivity index (χ0n) is 21.4. The molecule has 3 N–H and O–H groups in total. The maximum Gasteiger partial charge on any atom is 0.457 e. The van der Waals surface area contributed by atoms with E-state index in [0.29, 0.717) is 6.42 Å². The second-order valence-corrected chi connectivity index (χ2v) is 11.3. The molecule has 0 radical (unpaired) electrons. The topological polar surface area (TPSA) is 88.7 Å². The first-order chi connectivity index (χ1) is 14.2. The largest absolute Gasteiger partial charge is 0.457 e. The van der Waals surface area contributed by atoms with Gasteiger partial charge in [0.05, 0.1) is 11.2 Å². The lowest BCUT2D eigenvalue weighted by atomic mass is 9.72. The van der Waals surface area contributed by atoms with Crippen molar-refractivity contribution in [2.45, 2.75) is 116 Å². The van der Waals surface area contributed by atoms with Crippen LogP contribution in [0.15, 0.2) is 0 Å². The number of hydrogen-bond donors (Lipinski definition) is 3. The van der Waals surface area contributed by atoms with E-state index in [0.717, 1.165) is 45.1 Å². The summed E-state index contributed by atoms with van der Waals surface area (Å²) in [4.78, 5) is 25.8. The minimum Gasteiger partial charge on any atom is -0.403 e. The fraction of sp³-hybridized carbons (Fsp3) is 0.913. The lowest BCUT2D eigenvalue weighted by Crippen LogP contribution is -2.66. The van der Waals surface area contributed by atoms with Gasteiger partial charge in [-0.2, -0.15) is 0 Å². The fourth-order valence-electron chi connectivity index (χ4n) is 4.60. The smallest absolute Gasteiger partial charge is 0.403 e. The van der Waals surface area contributed by atoms with Crippen molar-refractivity contribution in [1.82, 2.24) is 16.0 Å². The molecule has 2 rings (SSSR count). The number of piperidine rings is 1. The highest BCUT2D eigenvalue weighted by Crippen LogP contribution is 2.38. The number of amides is 2. The van der Waals surface area contributed by atoms with Crippen LogP contribution < -0.4 is 16.0 Å². The van der Waals surface area contributed by atoms with Crippen LogP contribution in [-0.4, -0.2) is 54.3 Å². The van der Waals surface area contributed by atoms with Gasteiger partial charge in [0.2, 0.25) is 11.8 Å². The summed E-state index contributed by atoms with van der Waals surface area (Å²) in [6, 6.07) is 0. The van der Waals surface area contributed by atoms with E-state index in [-0.39, 0.29) is 54.0 Å². The number of hydrogen-bond acceptors (Lipinski definition) is 5. The van der Waals surface area contributed by atoms with Crippen molar-refractivity contribution < 1.29 is 18.9 Å². The third-order valence-electron chi connectivity index (χ3n) is 6.89. The summed E-state index contributed by atoms with van der Waals surface area (Å²) >= 11 is 0. The molecule has 0 aliphatic carbocycles. The van der Waals surface area contributed by atoms with Crippen molar-refractivity contribution >= 4 is 31.3 Å². The normalized spacial score (nSPS) is 22.6. The van der Waals surface area contributed by atoms with Gasteiger partial charge < -0.3 is 25.3 Å². The molecular weight excluding hydrogens is 429 g/mol. The molecule has 2 saturated heterocycles. The molecule has 32 heavy (non-hydrogen) atoms.